The Morgan fingerprint density at radius 1 is 1.00 bits per heavy atom. The van der Waals surface area contributed by atoms with Crippen LogP contribution < -0.4 is 4.90 Å². The largest absolute Gasteiger partial charge is 0.366 e. The van der Waals surface area contributed by atoms with E-state index in [4.69, 9.17) is 4.74 Å². The average Bonchev–Trinajstić information content (AvgIpc) is 3.24. The van der Waals surface area contributed by atoms with Crippen LogP contribution in [0.25, 0.3) is 0 Å². The number of halogens is 1. The van der Waals surface area contributed by atoms with Gasteiger partial charge >= 0.3 is 0 Å². The molecule has 2 aliphatic rings. The second-order valence-corrected chi connectivity index (χ2v) is 9.88. The first-order chi connectivity index (χ1) is 17.0. The highest BCUT2D eigenvalue weighted by Crippen LogP contribution is 2.45. The smallest absolute Gasteiger partial charge is 0.123 e. The van der Waals surface area contributed by atoms with Crippen molar-refractivity contribution in [1.82, 2.24) is 19.8 Å². The first-order valence-corrected chi connectivity index (χ1v) is 12.4. The highest BCUT2D eigenvalue weighted by atomic mass is 19.1. The number of hydrogen-bond acceptors (Lipinski definition) is 6. The highest BCUT2D eigenvalue weighted by Gasteiger charge is 2.41. The Balaban J connectivity index is 1.30. The fourth-order valence-electron chi connectivity index (χ4n) is 5.37. The number of anilines is 1. The van der Waals surface area contributed by atoms with Crippen LogP contribution in [0.15, 0.2) is 61.2 Å². The molecule has 0 radical (unpaired) electrons. The number of nitrogens with zero attached hydrogens (tertiary/aromatic N) is 5. The maximum absolute atomic E-state index is 13.7. The van der Waals surface area contributed by atoms with Gasteiger partial charge in [-0.2, -0.15) is 0 Å². The van der Waals surface area contributed by atoms with Gasteiger partial charge < -0.3 is 14.5 Å². The summed E-state index contributed by atoms with van der Waals surface area (Å²) in [5, 5.41) is 0. The number of rotatable bonds is 8. The van der Waals surface area contributed by atoms with Crippen LogP contribution in [0.2, 0.25) is 0 Å². The van der Waals surface area contributed by atoms with Crippen LogP contribution in [0.4, 0.5) is 10.1 Å². The van der Waals surface area contributed by atoms with Crippen molar-refractivity contribution in [1.29, 1.82) is 0 Å². The van der Waals surface area contributed by atoms with E-state index in [0.29, 0.717) is 6.61 Å². The summed E-state index contributed by atoms with van der Waals surface area (Å²) in [5.41, 5.74) is 5.39. The van der Waals surface area contributed by atoms with Gasteiger partial charge in [0.15, 0.2) is 0 Å². The Morgan fingerprint density at radius 2 is 1.74 bits per heavy atom. The standard InChI is InChI=1S/C28H34FN5O/c1-32(2)11-3-10-28(24-5-7-25(29)8-6-24)27-9-4-22(16-23(27)20-35-28)19-33-12-14-34(15-13-33)26-17-30-21-31-18-26/h4-9,16-18,21H,3,10-15,19-20H2,1-2H3. The fraction of sp³-hybridized carbons (Fsp3) is 0.429. The van der Waals surface area contributed by atoms with Crippen molar-refractivity contribution in [3.05, 3.63) is 89.3 Å². The van der Waals surface area contributed by atoms with Gasteiger partial charge in [-0.1, -0.05) is 30.3 Å². The molecule has 1 unspecified atom stereocenters. The summed E-state index contributed by atoms with van der Waals surface area (Å²) < 4.78 is 20.2. The Morgan fingerprint density at radius 3 is 2.46 bits per heavy atom. The molecule has 1 saturated heterocycles. The molecule has 3 heterocycles. The lowest BCUT2D eigenvalue weighted by Gasteiger charge is -2.35. The predicted molar refractivity (Wildman–Crippen MR) is 136 cm³/mol. The maximum Gasteiger partial charge on any atom is 0.123 e. The van der Waals surface area contributed by atoms with E-state index in [-0.39, 0.29) is 5.82 Å². The normalized spacial score (nSPS) is 20.4. The summed E-state index contributed by atoms with van der Waals surface area (Å²) in [4.78, 5) is 15.3. The van der Waals surface area contributed by atoms with Gasteiger partial charge in [-0.05, 0) is 67.9 Å². The van der Waals surface area contributed by atoms with Crippen LogP contribution in [-0.2, 0) is 23.5 Å². The second kappa shape index (κ2) is 10.4. The van der Waals surface area contributed by atoms with Crippen LogP contribution in [0.5, 0.6) is 0 Å². The van der Waals surface area contributed by atoms with Crippen molar-refractivity contribution in [3.63, 3.8) is 0 Å². The minimum Gasteiger partial charge on any atom is -0.366 e. The van der Waals surface area contributed by atoms with Gasteiger partial charge in [0.05, 0.1) is 24.7 Å². The molecule has 3 aromatic rings. The molecule has 0 amide bonds. The molecule has 35 heavy (non-hydrogen) atoms. The van der Waals surface area contributed by atoms with Crippen molar-refractivity contribution in [2.75, 3.05) is 51.7 Å². The Kier molecular flexibility index (Phi) is 7.09. The van der Waals surface area contributed by atoms with E-state index in [9.17, 15) is 4.39 Å². The Bertz CT molecular complexity index is 1120. The number of ether oxygens (including phenoxy) is 1. The van der Waals surface area contributed by atoms with Crippen LogP contribution >= 0.6 is 0 Å². The molecule has 0 spiro atoms. The molecule has 2 aliphatic heterocycles. The van der Waals surface area contributed by atoms with Crippen molar-refractivity contribution in [2.24, 2.45) is 0 Å². The van der Waals surface area contributed by atoms with Gasteiger partial charge in [0.25, 0.3) is 0 Å². The monoisotopic (exact) mass is 475 g/mol. The molecule has 184 valence electrons. The third-order valence-electron chi connectivity index (χ3n) is 7.21. The molecule has 0 saturated carbocycles. The Hall–Kier alpha value is -2.87. The van der Waals surface area contributed by atoms with E-state index >= 15 is 0 Å². The second-order valence-electron chi connectivity index (χ2n) is 9.88. The molecule has 0 bridgehead atoms. The van der Waals surface area contributed by atoms with Crippen molar-refractivity contribution in [3.8, 4) is 0 Å². The molecule has 6 nitrogen and oxygen atoms in total. The summed E-state index contributed by atoms with van der Waals surface area (Å²) in [6, 6.07) is 13.6. The van der Waals surface area contributed by atoms with E-state index in [2.05, 4.69) is 57.0 Å². The van der Waals surface area contributed by atoms with E-state index in [1.807, 2.05) is 24.5 Å². The molecule has 0 aliphatic carbocycles. The minimum absolute atomic E-state index is 0.217. The molecule has 2 aromatic carbocycles. The van der Waals surface area contributed by atoms with Gasteiger partial charge in [-0.25, -0.2) is 14.4 Å². The third kappa shape index (κ3) is 5.22. The van der Waals surface area contributed by atoms with Crippen LogP contribution in [-0.4, -0.2) is 66.6 Å². The maximum atomic E-state index is 13.7. The van der Waals surface area contributed by atoms with Gasteiger partial charge in [-0.3, -0.25) is 4.90 Å². The summed E-state index contributed by atoms with van der Waals surface area (Å²) in [7, 11) is 4.18. The lowest BCUT2D eigenvalue weighted by molar-refractivity contribution is -0.0140. The molecule has 7 heteroatoms. The number of aromatic nitrogens is 2. The molecule has 5 rings (SSSR count). The first-order valence-electron chi connectivity index (χ1n) is 12.4. The van der Waals surface area contributed by atoms with Gasteiger partial charge in [0.1, 0.15) is 17.7 Å². The van der Waals surface area contributed by atoms with Gasteiger partial charge in [-0.15, -0.1) is 0 Å². The summed E-state index contributed by atoms with van der Waals surface area (Å²) in [6.45, 7) is 6.46. The van der Waals surface area contributed by atoms with E-state index in [0.717, 1.165) is 63.4 Å². The SMILES string of the molecule is CN(C)CCCC1(c2ccc(F)cc2)OCc2cc(CN3CCN(c4cncnc4)CC3)ccc21. The van der Waals surface area contributed by atoms with Crippen LogP contribution in [0.3, 0.4) is 0 Å². The molecule has 1 atom stereocenters. The average molecular weight is 476 g/mol. The van der Waals surface area contributed by atoms with E-state index in [1.165, 1.54) is 16.7 Å². The first kappa shape index (κ1) is 23.9. The Labute approximate surface area is 207 Å². The zero-order valence-corrected chi connectivity index (χ0v) is 20.7. The van der Waals surface area contributed by atoms with Crippen LogP contribution in [0.1, 0.15) is 35.1 Å². The van der Waals surface area contributed by atoms with Crippen LogP contribution in [0, 0.1) is 5.82 Å². The summed E-state index contributed by atoms with van der Waals surface area (Å²) in [5.74, 6) is -0.217. The fourth-order valence-corrected chi connectivity index (χ4v) is 5.37. The van der Waals surface area contributed by atoms with Gasteiger partial charge in [0.2, 0.25) is 0 Å². The minimum atomic E-state index is -0.513. The number of piperazine rings is 1. The lowest BCUT2D eigenvalue weighted by atomic mass is 9.81. The van der Waals surface area contributed by atoms with Crippen molar-refractivity contribution >= 4 is 5.69 Å². The zero-order chi connectivity index (χ0) is 24.3. The molecule has 1 fully saturated rings. The molecular weight excluding hydrogens is 441 g/mol. The molecule has 0 N–H and O–H groups in total. The van der Waals surface area contributed by atoms with Crippen molar-refractivity contribution in [2.45, 2.75) is 31.6 Å². The predicted octanol–water partition coefficient (Wildman–Crippen LogP) is 4.05. The summed E-state index contributed by atoms with van der Waals surface area (Å²) >= 11 is 0. The van der Waals surface area contributed by atoms with E-state index in [1.54, 1.807) is 18.5 Å². The number of fused-ring (bicyclic) bond motifs is 1. The molecule has 1 aromatic heterocycles. The quantitative estimate of drug-likeness (QED) is 0.490. The van der Waals surface area contributed by atoms with Crippen molar-refractivity contribution < 1.29 is 9.13 Å². The van der Waals surface area contributed by atoms with E-state index < -0.39 is 5.60 Å². The third-order valence-corrected chi connectivity index (χ3v) is 7.21. The summed E-state index contributed by atoms with van der Waals surface area (Å²) in [6.07, 6.45) is 7.21. The number of hydrogen-bond donors (Lipinski definition) is 0. The van der Waals surface area contributed by atoms with Gasteiger partial charge in [0, 0.05) is 32.7 Å². The lowest BCUT2D eigenvalue weighted by Crippen LogP contribution is -2.46. The number of benzene rings is 2. The zero-order valence-electron chi connectivity index (χ0n) is 20.7. The molecular formula is C28H34FN5O. The highest BCUT2D eigenvalue weighted by molar-refractivity contribution is 5.46. The topological polar surface area (TPSA) is 44.7 Å².